The zero-order valence-electron chi connectivity index (χ0n) is 13.5. The van der Waals surface area contributed by atoms with Gasteiger partial charge in [-0.25, -0.2) is 4.79 Å². The monoisotopic (exact) mass is 283 g/mol. The molecular weight excluding hydrogens is 254 g/mol. The van der Waals surface area contributed by atoms with E-state index in [1.807, 2.05) is 20.8 Å². The predicted molar refractivity (Wildman–Crippen MR) is 79.8 cm³/mol. The van der Waals surface area contributed by atoms with Crippen LogP contribution in [0.5, 0.6) is 0 Å². The molecule has 2 saturated heterocycles. The standard InChI is InChI=1S/C15H29N3O2/c1-11-8-12(6-7-17(11)5)16-13-9-18(10-13)14(19)20-15(2,3)4/h11-13,16H,6-10H2,1-5H3. The largest absolute Gasteiger partial charge is 0.444 e. The normalized spacial score (nSPS) is 29.1. The molecule has 0 aromatic heterocycles. The fourth-order valence-electron chi connectivity index (χ4n) is 2.83. The molecule has 0 aliphatic carbocycles. The zero-order chi connectivity index (χ0) is 14.9. The lowest BCUT2D eigenvalue weighted by molar-refractivity contribution is 0.00272. The van der Waals surface area contributed by atoms with Gasteiger partial charge in [0, 0.05) is 31.2 Å². The Morgan fingerprint density at radius 3 is 2.45 bits per heavy atom. The Morgan fingerprint density at radius 1 is 1.25 bits per heavy atom. The molecule has 0 radical (unpaired) electrons. The number of ether oxygens (including phenoxy) is 1. The smallest absolute Gasteiger partial charge is 0.410 e. The molecule has 2 aliphatic rings. The molecule has 5 nitrogen and oxygen atoms in total. The lowest BCUT2D eigenvalue weighted by atomic mass is 9.97. The highest BCUT2D eigenvalue weighted by Crippen LogP contribution is 2.19. The van der Waals surface area contributed by atoms with Crippen LogP contribution in [0.25, 0.3) is 0 Å². The Kier molecular flexibility index (Phi) is 4.59. The van der Waals surface area contributed by atoms with Crippen molar-refractivity contribution < 1.29 is 9.53 Å². The van der Waals surface area contributed by atoms with E-state index in [-0.39, 0.29) is 6.09 Å². The summed E-state index contributed by atoms with van der Waals surface area (Å²) in [6.45, 7) is 10.7. The summed E-state index contributed by atoms with van der Waals surface area (Å²) in [4.78, 5) is 16.0. The van der Waals surface area contributed by atoms with Crippen LogP contribution in [-0.4, -0.2) is 66.3 Å². The van der Waals surface area contributed by atoms with Gasteiger partial charge in [-0.15, -0.1) is 0 Å². The minimum atomic E-state index is -0.404. The van der Waals surface area contributed by atoms with Crippen LogP contribution in [0.2, 0.25) is 0 Å². The van der Waals surface area contributed by atoms with Gasteiger partial charge in [0.15, 0.2) is 0 Å². The molecule has 1 N–H and O–H groups in total. The third kappa shape index (κ3) is 4.09. The van der Waals surface area contributed by atoms with Crippen LogP contribution in [0.3, 0.4) is 0 Å². The molecule has 2 rings (SSSR count). The highest BCUT2D eigenvalue weighted by Gasteiger charge is 2.35. The molecule has 20 heavy (non-hydrogen) atoms. The number of nitrogens with zero attached hydrogens (tertiary/aromatic N) is 2. The number of carbonyl (C=O) groups excluding carboxylic acids is 1. The van der Waals surface area contributed by atoms with Crippen molar-refractivity contribution >= 4 is 6.09 Å². The summed E-state index contributed by atoms with van der Waals surface area (Å²) in [5.74, 6) is 0. The van der Waals surface area contributed by atoms with Gasteiger partial charge in [-0.2, -0.15) is 0 Å². The van der Waals surface area contributed by atoms with E-state index in [9.17, 15) is 4.79 Å². The Balaban J connectivity index is 1.68. The lowest BCUT2D eigenvalue weighted by Gasteiger charge is -2.44. The van der Waals surface area contributed by atoms with Crippen molar-refractivity contribution in [3.63, 3.8) is 0 Å². The zero-order valence-corrected chi connectivity index (χ0v) is 13.5. The molecule has 2 unspecified atom stereocenters. The summed E-state index contributed by atoms with van der Waals surface area (Å²) in [6, 6.07) is 1.67. The Morgan fingerprint density at radius 2 is 1.90 bits per heavy atom. The molecule has 2 fully saturated rings. The lowest BCUT2D eigenvalue weighted by Crippen LogP contribution is -2.63. The molecule has 0 aromatic carbocycles. The average Bonchev–Trinajstić information content (AvgIpc) is 2.25. The van der Waals surface area contributed by atoms with E-state index in [1.54, 1.807) is 4.90 Å². The van der Waals surface area contributed by atoms with E-state index < -0.39 is 5.60 Å². The van der Waals surface area contributed by atoms with Gasteiger partial charge in [0.1, 0.15) is 5.60 Å². The number of amides is 1. The van der Waals surface area contributed by atoms with Crippen LogP contribution in [0.15, 0.2) is 0 Å². The second kappa shape index (κ2) is 5.90. The summed E-state index contributed by atoms with van der Waals surface area (Å²) in [5.41, 5.74) is -0.404. The first-order valence-corrected chi connectivity index (χ1v) is 7.69. The fraction of sp³-hybridized carbons (Fsp3) is 0.933. The molecule has 0 spiro atoms. The minimum absolute atomic E-state index is 0.188. The van der Waals surface area contributed by atoms with E-state index >= 15 is 0 Å². The van der Waals surface area contributed by atoms with Gasteiger partial charge >= 0.3 is 6.09 Å². The van der Waals surface area contributed by atoms with Crippen LogP contribution >= 0.6 is 0 Å². The predicted octanol–water partition coefficient (Wildman–Crippen LogP) is 1.68. The van der Waals surface area contributed by atoms with Gasteiger partial charge in [-0.1, -0.05) is 0 Å². The highest BCUT2D eigenvalue weighted by atomic mass is 16.6. The number of carbonyl (C=O) groups is 1. The van der Waals surface area contributed by atoms with Gasteiger partial charge in [-0.3, -0.25) is 0 Å². The molecule has 5 heteroatoms. The molecule has 0 aromatic rings. The van der Waals surface area contributed by atoms with Crippen molar-refractivity contribution in [2.75, 3.05) is 26.7 Å². The van der Waals surface area contributed by atoms with Crippen LogP contribution in [0.1, 0.15) is 40.5 Å². The van der Waals surface area contributed by atoms with E-state index in [0.29, 0.717) is 18.1 Å². The van der Waals surface area contributed by atoms with Crippen molar-refractivity contribution in [2.45, 2.75) is 64.3 Å². The maximum atomic E-state index is 11.8. The number of hydrogen-bond donors (Lipinski definition) is 1. The minimum Gasteiger partial charge on any atom is -0.444 e. The number of hydrogen-bond acceptors (Lipinski definition) is 4. The third-order valence-corrected chi connectivity index (χ3v) is 4.21. The summed E-state index contributed by atoms with van der Waals surface area (Å²) >= 11 is 0. The van der Waals surface area contributed by atoms with Gasteiger partial charge in [0.2, 0.25) is 0 Å². The van der Waals surface area contributed by atoms with Gasteiger partial charge in [0.25, 0.3) is 0 Å². The summed E-state index contributed by atoms with van der Waals surface area (Å²) in [5, 5.41) is 3.68. The Bertz CT molecular complexity index is 348. The molecular formula is C15H29N3O2. The van der Waals surface area contributed by atoms with Gasteiger partial charge < -0.3 is 19.9 Å². The van der Waals surface area contributed by atoms with Crippen LogP contribution < -0.4 is 5.32 Å². The number of rotatable bonds is 2. The number of nitrogens with one attached hydrogen (secondary N) is 1. The first-order chi connectivity index (χ1) is 9.24. The Hall–Kier alpha value is -0.810. The summed E-state index contributed by atoms with van der Waals surface area (Å²) < 4.78 is 5.36. The molecule has 2 heterocycles. The van der Waals surface area contributed by atoms with Crippen molar-refractivity contribution in [1.82, 2.24) is 15.1 Å². The van der Waals surface area contributed by atoms with E-state index in [4.69, 9.17) is 4.74 Å². The van der Waals surface area contributed by atoms with Crippen molar-refractivity contribution in [3.8, 4) is 0 Å². The highest BCUT2D eigenvalue weighted by molar-refractivity contribution is 5.69. The van der Waals surface area contributed by atoms with E-state index in [2.05, 4.69) is 24.2 Å². The maximum absolute atomic E-state index is 11.8. The van der Waals surface area contributed by atoms with Crippen LogP contribution in [0, 0.1) is 0 Å². The second-order valence-electron chi connectivity index (χ2n) is 7.30. The second-order valence-corrected chi connectivity index (χ2v) is 7.30. The molecule has 2 aliphatic heterocycles. The molecule has 0 bridgehead atoms. The summed E-state index contributed by atoms with van der Waals surface area (Å²) in [7, 11) is 2.19. The average molecular weight is 283 g/mol. The number of likely N-dealkylation sites (tertiary alicyclic amines) is 2. The topological polar surface area (TPSA) is 44.8 Å². The summed E-state index contributed by atoms with van der Waals surface area (Å²) in [6.07, 6.45) is 2.20. The molecule has 0 saturated carbocycles. The van der Waals surface area contributed by atoms with E-state index in [1.165, 1.54) is 12.8 Å². The van der Waals surface area contributed by atoms with Crippen LogP contribution in [-0.2, 0) is 4.74 Å². The first-order valence-electron chi connectivity index (χ1n) is 7.69. The molecule has 2 atom stereocenters. The van der Waals surface area contributed by atoms with Crippen molar-refractivity contribution in [1.29, 1.82) is 0 Å². The van der Waals surface area contributed by atoms with Crippen LogP contribution in [0.4, 0.5) is 4.79 Å². The van der Waals surface area contributed by atoms with Gasteiger partial charge in [-0.05, 0) is 54.1 Å². The SMILES string of the molecule is CC1CC(NC2CN(C(=O)OC(C)(C)C)C2)CCN1C. The fourth-order valence-corrected chi connectivity index (χ4v) is 2.83. The molecule has 1 amide bonds. The number of piperidine rings is 1. The van der Waals surface area contributed by atoms with Gasteiger partial charge in [0.05, 0.1) is 0 Å². The van der Waals surface area contributed by atoms with E-state index in [0.717, 1.165) is 19.6 Å². The maximum Gasteiger partial charge on any atom is 0.410 e. The van der Waals surface area contributed by atoms with Crippen molar-refractivity contribution in [2.24, 2.45) is 0 Å². The van der Waals surface area contributed by atoms with Crippen molar-refractivity contribution in [3.05, 3.63) is 0 Å². The third-order valence-electron chi connectivity index (χ3n) is 4.21. The quantitative estimate of drug-likeness (QED) is 0.837. The Labute approximate surface area is 122 Å². The first kappa shape index (κ1) is 15.6. The molecule has 116 valence electrons.